The molecule has 0 unspecified atom stereocenters. The van der Waals surface area contributed by atoms with Gasteiger partial charge in [0.1, 0.15) is 17.3 Å². The number of hydrogen-bond acceptors (Lipinski definition) is 3. The molecule has 112 valence electrons. The lowest BCUT2D eigenvalue weighted by atomic mass is 10.1. The van der Waals surface area contributed by atoms with E-state index in [0.29, 0.717) is 31.0 Å². The van der Waals surface area contributed by atoms with Crippen molar-refractivity contribution in [2.75, 3.05) is 20.3 Å². The summed E-state index contributed by atoms with van der Waals surface area (Å²) in [7, 11) is 1.64. The highest BCUT2D eigenvalue weighted by Gasteiger charge is 2.11. The Morgan fingerprint density at radius 3 is 2.57 bits per heavy atom. The Bertz CT molecular complexity index is 587. The van der Waals surface area contributed by atoms with E-state index >= 15 is 0 Å². The van der Waals surface area contributed by atoms with E-state index in [2.05, 4.69) is 5.32 Å². The first-order valence-electron chi connectivity index (χ1n) is 6.93. The molecule has 4 heteroatoms. The summed E-state index contributed by atoms with van der Waals surface area (Å²) >= 11 is 0. The van der Waals surface area contributed by atoms with Crippen molar-refractivity contribution in [3.8, 4) is 11.5 Å². The SMILES string of the molecule is COCCNCc1c(F)cccc1Oc1ccccc1C. The van der Waals surface area contributed by atoms with Gasteiger partial charge in [-0.15, -0.1) is 0 Å². The van der Waals surface area contributed by atoms with Crippen molar-refractivity contribution < 1.29 is 13.9 Å². The molecule has 0 aromatic heterocycles. The highest BCUT2D eigenvalue weighted by atomic mass is 19.1. The molecule has 2 aromatic rings. The molecule has 21 heavy (non-hydrogen) atoms. The predicted molar refractivity (Wildman–Crippen MR) is 81.2 cm³/mol. The molecule has 0 fully saturated rings. The molecule has 0 aliphatic heterocycles. The molecular formula is C17H20FNO2. The van der Waals surface area contributed by atoms with Gasteiger partial charge in [0, 0.05) is 25.8 Å². The Morgan fingerprint density at radius 2 is 1.81 bits per heavy atom. The number of hydrogen-bond donors (Lipinski definition) is 1. The van der Waals surface area contributed by atoms with Crippen molar-refractivity contribution in [3.63, 3.8) is 0 Å². The number of nitrogens with one attached hydrogen (secondary N) is 1. The largest absolute Gasteiger partial charge is 0.457 e. The maximum atomic E-state index is 14.0. The van der Waals surface area contributed by atoms with Crippen molar-refractivity contribution in [2.45, 2.75) is 13.5 Å². The summed E-state index contributed by atoms with van der Waals surface area (Å²) < 4.78 is 24.8. The normalized spacial score (nSPS) is 10.6. The van der Waals surface area contributed by atoms with Crippen molar-refractivity contribution in [1.29, 1.82) is 0 Å². The van der Waals surface area contributed by atoms with Crippen LogP contribution in [0.2, 0.25) is 0 Å². The zero-order chi connectivity index (χ0) is 15.1. The molecule has 0 spiro atoms. The molecule has 0 amide bonds. The summed E-state index contributed by atoms with van der Waals surface area (Å²) in [5.41, 5.74) is 1.54. The molecule has 0 saturated carbocycles. The molecule has 0 atom stereocenters. The third-order valence-electron chi connectivity index (χ3n) is 3.17. The van der Waals surface area contributed by atoms with E-state index in [4.69, 9.17) is 9.47 Å². The molecule has 3 nitrogen and oxygen atoms in total. The minimum atomic E-state index is -0.272. The van der Waals surface area contributed by atoms with Crippen LogP contribution < -0.4 is 10.1 Å². The minimum absolute atomic E-state index is 0.272. The monoisotopic (exact) mass is 289 g/mol. The van der Waals surface area contributed by atoms with Crippen LogP contribution in [0.15, 0.2) is 42.5 Å². The lowest BCUT2D eigenvalue weighted by Crippen LogP contribution is -2.19. The van der Waals surface area contributed by atoms with Gasteiger partial charge >= 0.3 is 0 Å². The number of methoxy groups -OCH3 is 1. The third-order valence-corrected chi connectivity index (χ3v) is 3.17. The van der Waals surface area contributed by atoms with Gasteiger partial charge in [0.2, 0.25) is 0 Å². The average molecular weight is 289 g/mol. The van der Waals surface area contributed by atoms with E-state index in [1.165, 1.54) is 6.07 Å². The summed E-state index contributed by atoms with van der Waals surface area (Å²) in [4.78, 5) is 0. The van der Waals surface area contributed by atoms with Gasteiger partial charge in [-0.25, -0.2) is 4.39 Å². The fourth-order valence-corrected chi connectivity index (χ4v) is 1.98. The second-order valence-electron chi connectivity index (χ2n) is 4.75. The summed E-state index contributed by atoms with van der Waals surface area (Å²) in [6.07, 6.45) is 0. The minimum Gasteiger partial charge on any atom is -0.457 e. The number of benzene rings is 2. The van der Waals surface area contributed by atoms with Gasteiger partial charge in [0.05, 0.1) is 6.61 Å². The van der Waals surface area contributed by atoms with Crippen molar-refractivity contribution >= 4 is 0 Å². The summed E-state index contributed by atoms with van der Waals surface area (Å²) in [5, 5.41) is 3.14. The Balaban J connectivity index is 2.15. The van der Waals surface area contributed by atoms with Crippen LogP contribution in [-0.4, -0.2) is 20.3 Å². The molecule has 0 aliphatic carbocycles. The van der Waals surface area contributed by atoms with Gasteiger partial charge in [-0.1, -0.05) is 24.3 Å². The first-order valence-corrected chi connectivity index (χ1v) is 6.93. The van der Waals surface area contributed by atoms with E-state index in [0.717, 1.165) is 11.3 Å². The van der Waals surface area contributed by atoms with Crippen LogP contribution in [-0.2, 0) is 11.3 Å². The van der Waals surface area contributed by atoms with Crippen molar-refractivity contribution in [1.82, 2.24) is 5.32 Å². The van der Waals surface area contributed by atoms with E-state index in [1.807, 2.05) is 31.2 Å². The Kier molecular flexibility index (Phi) is 5.72. The smallest absolute Gasteiger partial charge is 0.134 e. The highest BCUT2D eigenvalue weighted by molar-refractivity contribution is 5.41. The van der Waals surface area contributed by atoms with E-state index in [-0.39, 0.29) is 5.82 Å². The van der Waals surface area contributed by atoms with E-state index in [1.54, 1.807) is 19.2 Å². The molecule has 0 saturated heterocycles. The molecule has 2 aromatic carbocycles. The second-order valence-corrected chi connectivity index (χ2v) is 4.75. The van der Waals surface area contributed by atoms with Crippen LogP contribution in [0.1, 0.15) is 11.1 Å². The lowest BCUT2D eigenvalue weighted by Gasteiger charge is -2.14. The third kappa shape index (κ3) is 4.28. The van der Waals surface area contributed by atoms with Crippen LogP contribution in [0.5, 0.6) is 11.5 Å². The Labute approximate surface area is 124 Å². The van der Waals surface area contributed by atoms with Crippen LogP contribution in [0.3, 0.4) is 0 Å². The number of para-hydroxylation sites is 1. The highest BCUT2D eigenvalue weighted by Crippen LogP contribution is 2.29. The Hall–Kier alpha value is -1.91. The molecule has 0 heterocycles. The van der Waals surface area contributed by atoms with Crippen LogP contribution >= 0.6 is 0 Å². The molecule has 0 radical (unpaired) electrons. The molecule has 1 N–H and O–H groups in total. The quantitative estimate of drug-likeness (QED) is 0.789. The van der Waals surface area contributed by atoms with Crippen LogP contribution in [0, 0.1) is 12.7 Å². The average Bonchev–Trinajstić information content (AvgIpc) is 2.48. The number of aryl methyl sites for hydroxylation is 1. The molecular weight excluding hydrogens is 269 g/mol. The van der Waals surface area contributed by atoms with Gasteiger partial charge in [-0.3, -0.25) is 0 Å². The van der Waals surface area contributed by atoms with Crippen LogP contribution in [0.25, 0.3) is 0 Å². The zero-order valence-corrected chi connectivity index (χ0v) is 12.4. The van der Waals surface area contributed by atoms with E-state index < -0.39 is 0 Å². The summed E-state index contributed by atoms with van der Waals surface area (Å²) in [5.74, 6) is 1.00. The maximum absolute atomic E-state index is 14.0. The number of ether oxygens (including phenoxy) is 2. The standard InChI is InChI=1S/C17H20FNO2/c1-13-6-3-4-8-16(13)21-17-9-5-7-15(18)14(17)12-19-10-11-20-2/h3-9,19H,10-12H2,1-2H3. The van der Waals surface area contributed by atoms with Crippen molar-refractivity contribution in [2.24, 2.45) is 0 Å². The lowest BCUT2D eigenvalue weighted by molar-refractivity contribution is 0.199. The zero-order valence-electron chi connectivity index (χ0n) is 12.4. The van der Waals surface area contributed by atoms with Crippen LogP contribution in [0.4, 0.5) is 4.39 Å². The topological polar surface area (TPSA) is 30.5 Å². The first-order chi connectivity index (χ1) is 10.2. The number of rotatable bonds is 7. The maximum Gasteiger partial charge on any atom is 0.134 e. The molecule has 2 rings (SSSR count). The number of halogens is 1. The Morgan fingerprint density at radius 1 is 1.05 bits per heavy atom. The van der Waals surface area contributed by atoms with Gasteiger partial charge < -0.3 is 14.8 Å². The van der Waals surface area contributed by atoms with Gasteiger partial charge in [0.25, 0.3) is 0 Å². The van der Waals surface area contributed by atoms with Gasteiger partial charge in [-0.05, 0) is 30.7 Å². The van der Waals surface area contributed by atoms with E-state index in [9.17, 15) is 4.39 Å². The second kappa shape index (κ2) is 7.76. The molecule has 0 aliphatic rings. The summed E-state index contributed by atoms with van der Waals surface area (Å²) in [6.45, 7) is 3.61. The molecule has 0 bridgehead atoms. The first kappa shape index (κ1) is 15.5. The van der Waals surface area contributed by atoms with Crippen molar-refractivity contribution in [3.05, 3.63) is 59.4 Å². The fourth-order valence-electron chi connectivity index (χ4n) is 1.98. The predicted octanol–water partition coefficient (Wildman–Crippen LogP) is 3.66. The van der Waals surface area contributed by atoms with Gasteiger partial charge in [0.15, 0.2) is 0 Å². The fraction of sp³-hybridized carbons (Fsp3) is 0.294. The summed E-state index contributed by atoms with van der Waals surface area (Å²) in [6, 6.07) is 12.6. The van der Waals surface area contributed by atoms with Gasteiger partial charge in [-0.2, -0.15) is 0 Å².